The van der Waals surface area contributed by atoms with Gasteiger partial charge in [-0.15, -0.1) is 0 Å². The van der Waals surface area contributed by atoms with E-state index in [1.165, 1.54) is 31.5 Å². The Hall–Kier alpha value is -3.04. The van der Waals surface area contributed by atoms with Crippen LogP contribution in [-0.2, 0) is 29.7 Å². The van der Waals surface area contributed by atoms with E-state index in [-0.39, 0.29) is 5.91 Å². The molecule has 2 saturated heterocycles. The normalized spacial score (nSPS) is 19.4. The van der Waals surface area contributed by atoms with Crippen LogP contribution >= 0.6 is 0 Å². The van der Waals surface area contributed by atoms with E-state index in [4.69, 9.17) is 0 Å². The average molecular weight is 561 g/mol. The molecular formula is C32H40N4O3S. The monoisotopic (exact) mass is 560 g/mol. The van der Waals surface area contributed by atoms with Gasteiger partial charge < -0.3 is 5.32 Å². The number of carbonyl (C=O) groups is 1. The standard InChI is InChI=1S/C32H40N4O3S/c1-26-6-5-17-35(23-26)25-28-11-9-27(10-12-28)22-33-32(37)30-15-13-29(14-16-30)24-34-18-20-36(21-19-34)40(38,39)31-7-3-2-4-8-31/h2-4,7-16,26H,5-6,17-25H2,1H3,(H,33,37). The molecule has 1 unspecified atom stereocenters. The number of carbonyl (C=O) groups excluding carboxylic acids is 1. The summed E-state index contributed by atoms with van der Waals surface area (Å²) in [6.45, 7) is 9.17. The fourth-order valence-electron chi connectivity index (χ4n) is 5.62. The van der Waals surface area contributed by atoms with Crippen LogP contribution < -0.4 is 5.32 Å². The zero-order chi connectivity index (χ0) is 28.0. The quantitative estimate of drug-likeness (QED) is 0.421. The number of hydrogen-bond donors (Lipinski definition) is 1. The lowest BCUT2D eigenvalue weighted by Crippen LogP contribution is -2.48. The molecule has 0 aliphatic carbocycles. The summed E-state index contributed by atoms with van der Waals surface area (Å²) >= 11 is 0. The molecule has 8 heteroatoms. The van der Waals surface area contributed by atoms with E-state index >= 15 is 0 Å². The van der Waals surface area contributed by atoms with Crippen molar-refractivity contribution in [2.24, 2.45) is 5.92 Å². The van der Waals surface area contributed by atoms with Gasteiger partial charge >= 0.3 is 0 Å². The number of nitrogens with one attached hydrogen (secondary N) is 1. The average Bonchev–Trinajstić information content (AvgIpc) is 2.98. The van der Waals surface area contributed by atoms with Crippen LogP contribution in [-0.4, -0.2) is 67.7 Å². The molecule has 0 spiro atoms. The van der Waals surface area contributed by atoms with E-state index in [0.717, 1.165) is 30.1 Å². The predicted octanol–water partition coefficient (Wildman–Crippen LogP) is 4.36. The van der Waals surface area contributed by atoms with Crippen LogP contribution in [0.5, 0.6) is 0 Å². The van der Waals surface area contributed by atoms with Crippen LogP contribution in [0.25, 0.3) is 0 Å². The third kappa shape index (κ3) is 7.37. The smallest absolute Gasteiger partial charge is 0.251 e. The highest BCUT2D eigenvalue weighted by molar-refractivity contribution is 7.89. The van der Waals surface area contributed by atoms with Crippen molar-refractivity contribution in [3.63, 3.8) is 0 Å². The molecule has 2 aliphatic heterocycles. The van der Waals surface area contributed by atoms with Gasteiger partial charge in [-0.25, -0.2) is 8.42 Å². The van der Waals surface area contributed by atoms with Crippen LogP contribution in [0.3, 0.4) is 0 Å². The summed E-state index contributed by atoms with van der Waals surface area (Å²) in [5.74, 6) is 0.692. The van der Waals surface area contributed by atoms with Gasteiger partial charge in [0.15, 0.2) is 0 Å². The molecule has 0 saturated carbocycles. The first-order valence-corrected chi connectivity index (χ1v) is 15.8. The van der Waals surface area contributed by atoms with Crippen molar-refractivity contribution in [2.75, 3.05) is 39.3 Å². The largest absolute Gasteiger partial charge is 0.348 e. The summed E-state index contributed by atoms with van der Waals surface area (Å²) in [4.78, 5) is 17.9. The van der Waals surface area contributed by atoms with Gasteiger partial charge in [-0.1, -0.05) is 61.5 Å². The number of hydrogen-bond acceptors (Lipinski definition) is 5. The number of rotatable bonds is 9. The molecule has 7 nitrogen and oxygen atoms in total. The summed E-state index contributed by atoms with van der Waals surface area (Å²) in [6.07, 6.45) is 2.61. The van der Waals surface area contributed by atoms with Crippen LogP contribution in [0, 0.1) is 5.92 Å². The molecule has 3 aromatic carbocycles. The molecule has 212 valence electrons. The molecular weight excluding hydrogens is 520 g/mol. The number of piperidine rings is 1. The van der Waals surface area contributed by atoms with E-state index in [0.29, 0.717) is 43.2 Å². The second-order valence-electron chi connectivity index (χ2n) is 11.2. The Balaban J connectivity index is 1.06. The molecule has 40 heavy (non-hydrogen) atoms. The van der Waals surface area contributed by atoms with Gasteiger partial charge in [0.05, 0.1) is 4.90 Å². The van der Waals surface area contributed by atoms with Crippen LogP contribution in [0.2, 0.25) is 0 Å². The predicted molar refractivity (Wildman–Crippen MR) is 158 cm³/mol. The minimum absolute atomic E-state index is 0.0855. The Morgan fingerprint density at radius 3 is 2.02 bits per heavy atom. The molecule has 0 radical (unpaired) electrons. The Labute approximate surface area is 238 Å². The highest BCUT2D eigenvalue weighted by Gasteiger charge is 2.28. The summed E-state index contributed by atoms with van der Waals surface area (Å²) in [5.41, 5.74) is 4.15. The van der Waals surface area contributed by atoms with E-state index in [1.54, 1.807) is 28.6 Å². The van der Waals surface area contributed by atoms with Crippen molar-refractivity contribution in [3.05, 3.63) is 101 Å². The first-order valence-electron chi connectivity index (χ1n) is 14.3. The van der Waals surface area contributed by atoms with Gasteiger partial charge in [0, 0.05) is 57.9 Å². The van der Waals surface area contributed by atoms with Crippen LogP contribution in [0.4, 0.5) is 0 Å². The van der Waals surface area contributed by atoms with Gasteiger partial charge in [0.25, 0.3) is 5.91 Å². The third-order valence-electron chi connectivity index (χ3n) is 7.96. The van der Waals surface area contributed by atoms with Crippen molar-refractivity contribution < 1.29 is 13.2 Å². The first kappa shape index (κ1) is 28.5. The summed E-state index contributed by atoms with van der Waals surface area (Å²) in [6, 6.07) is 24.9. The molecule has 5 rings (SSSR count). The lowest BCUT2D eigenvalue weighted by atomic mass is 9.99. The van der Waals surface area contributed by atoms with Crippen LogP contribution in [0.15, 0.2) is 83.8 Å². The highest BCUT2D eigenvalue weighted by Crippen LogP contribution is 2.20. The first-order chi connectivity index (χ1) is 19.4. The SMILES string of the molecule is CC1CCCN(Cc2ccc(CNC(=O)c3ccc(CN4CCN(S(=O)(=O)c5ccccc5)CC4)cc3)cc2)C1. The maximum Gasteiger partial charge on any atom is 0.251 e. The number of amides is 1. The molecule has 2 heterocycles. The van der Waals surface area contributed by atoms with Crippen molar-refractivity contribution in [1.82, 2.24) is 19.4 Å². The number of nitrogens with zero attached hydrogens (tertiary/aromatic N) is 3. The number of sulfonamides is 1. The summed E-state index contributed by atoms with van der Waals surface area (Å²) in [7, 11) is -3.45. The minimum Gasteiger partial charge on any atom is -0.348 e. The molecule has 1 amide bonds. The Morgan fingerprint density at radius 1 is 0.775 bits per heavy atom. The molecule has 2 aliphatic rings. The second-order valence-corrected chi connectivity index (χ2v) is 13.1. The second kappa shape index (κ2) is 13.1. The summed E-state index contributed by atoms with van der Waals surface area (Å²) in [5, 5.41) is 3.03. The number of piperazine rings is 1. The number of likely N-dealkylation sites (tertiary alicyclic amines) is 1. The van der Waals surface area contributed by atoms with E-state index < -0.39 is 10.0 Å². The zero-order valence-electron chi connectivity index (χ0n) is 23.3. The molecule has 1 N–H and O–H groups in total. The van der Waals surface area contributed by atoms with E-state index in [2.05, 4.69) is 46.3 Å². The van der Waals surface area contributed by atoms with E-state index in [1.807, 2.05) is 30.3 Å². The Bertz CT molecular complexity index is 1350. The number of benzene rings is 3. The Morgan fingerprint density at radius 2 is 1.38 bits per heavy atom. The maximum absolute atomic E-state index is 12.9. The zero-order valence-corrected chi connectivity index (χ0v) is 24.2. The fourth-order valence-corrected chi connectivity index (χ4v) is 7.07. The lowest BCUT2D eigenvalue weighted by molar-refractivity contribution is 0.0951. The van der Waals surface area contributed by atoms with Gasteiger partial charge in [0.1, 0.15) is 0 Å². The minimum atomic E-state index is -3.45. The third-order valence-corrected chi connectivity index (χ3v) is 9.87. The maximum atomic E-state index is 12.9. The highest BCUT2D eigenvalue weighted by atomic mass is 32.2. The molecule has 0 aromatic heterocycles. The molecule has 1 atom stereocenters. The van der Waals surface area contributed by atoms with Gasteiger partial charge in [-0.2, -0.15) is 4.31 Å². The van der Waals surface area contributed by atoms with Crippen molar-refractivity contribution in [2.45, 2.75) is 44.3 Å². The fraction of sp³-hybridized carbons (Fsp3) is 0.406. The van der Waals surface area contributed by atoms with Gasteiger partial charge in [-0.3, -0.25) is 14.6 Å². The van der Waals surface area contributed by atoms with Crippen molar-refractivity contribution in [3.8, 4) is 0 Å². The molecule has 3 aromatic rings. The van der Waals surface area contributed by atoms with Gasteiger partial charge in [0.2, 0.25) is 10.0 Å². The van der Waals surface area contributed by atoms with Crippen molar-refractivity contribution in [1.29, 1.82) is 0 Å². The topological polar surface area (TPSA) is 73.0 Å². The molecule has 2 fully saturated rings. The van der Waals surface area contributed by atoms with Crippen molar-refractivity contribution >= 4 is 15.9 Å². The summed E-state index contributed by atoms with van der Waals surface area (Å²) < 4.78 is 27.3. The van der Waals surface area contributed by atoms with E-state index in [9.17, 15) is 13.2 Å². The Kier molecular flexibility index (Phi) is 9.32. The van der Waals surface area contributed by atoms with Crippen LogP contribution in [0.1, 0.15) is 46.8 Å². The van der Waals surface area contributed by atoms with Gasteiger partial charge in [-0.05, 0) is 66.3 Å². The lowest BCUT2D eigenvalue weighted by Gasteiger charge is -2.34. The molecule has 0 bridgehead atoms.